The van der Waals surface area contributed by atoms with E-state index in [1.807, 2.05) is 6.92 Å². The van der Waals surface area contributed by atoms with Crippen LogP contribution < -0.4 is 0 Å². The Kier molecular flexibility index (Phi) is 25.4. The minimum absolute atomic E-state index is 0.167. The summed E-state index contributed by atoms with van der Waals surface area (Å²) in [7, 11) is 0. The third-order valence-corrected chi connectivity index (χ3v) is 5.75. The molecule has 0 saturated carbocycles. The zero-order chi connectivity index (χ0) is 30.0. The molecule has 2 atom stereocenters. The zero-order valence-corrected chi connectivity index (χ0v) is 26.9. The van der Waals surface area contributed by atoms with Crippen molar-refractivity contribution in [1.82, 2.24) is 0 Å². The van der Waals surface area contributed by atoms with E-state index in [4.69, 9.17) is 38.6 Å². The van der Waals surface area contributed by atoms with E-state index in [9.17, 15) is 0 Å². The number of hydrogen-bond acceptors (Lipinski definition) is 8. The summed E-state index contributed by atoms with van der Waals surface area (Å²) in [5.41, 5.74) is -1.30. The quantitative estimate of drug-likeness (QED) is 0.0529. The van der Waals surface area contributed by atoms with Crippen LogP contribution in [0.25, 0.3) is 0 Å². The van der Waals surface area contributed by atoms with E-state index >= 15 is 0 Å². The van der Waals surface area contributed by atoms with E-state index in [1.165, 1.54) is 0 Å². The standard InChI is InChI=1S/C32H62O8/c1-8-17-34-19-10-21-37-24-13-26-39-40-32(7,28-30(4)5)15-14-31(6,27-29(2)3)38-25-12-23-36-22-11-20-35-18-9-16-33/h29-30,33H,8-13,16-28H2,1-7H3. The van der Waals surface area contributed by atoms with Crippen molar-refractivity contribution in [2.24, 2.45) is 11.8 Å². The van der Waals surface area contributed by atoms with Gasteiger partial charge in [0.25, 0.3) is 0 Å². The van der Waals surface area contributed by atoms with Gasteiger partial charge in [0.2, 0.25) is 0 Å². The molecule has 0 spiro atoms. The molecule has 0 saturated heterocycles. The van der Waals surface area contributed by atoms with Crippen LogP contribution in [0.15, 0.2) is 0 Å². The van der Waals surface area contributed by atoms with Crippen molar-refractivity contribution in [2.45, 2.75) is 111 Å². The number of hydrogen-bond donors (Lipinski definition) is 1. The second-order valence-corrected chi connectivity index (χ2v) is 11.6. The summed E-state index contributed by atoms with van der Waals surface area (Å²) in [5, 5.41) is 8.76. The van der Waals surface area contributed by atoms with Crippen molar-refractivity contribution >= 4 is 0 Å². The Labute approximate surface area is 246 Å². The van der Waals surface area contributed by atoms with Gasteiger partial charge < -0.3 is 28.8 Å². The normalized spacial score (nSPS) is 14.8. The summed E-state index contributed by atoms with van der Waals surface area (Å²) in [6.07, 6.45) is 6.62. The van der Waals surface area contributed by atoms with Gasteiger partial charge in [0, 0.05) is 59.5 Å². The second-order valence-electron chi connectivity index (χ2n) is 11.6. The fourth-order valence-corrected chi connectivity index (χ4v) is 4.17. The maximum Gasteiger partial charge on any atom is 0.161 e. The van der Waals surface area contributed by atoms with Crippen LogP contribution in [0, 0.1) is 23.7 Å². The van der Waals surface area contributed by atoms with Gasteiger partial charge in [0.15, 0.2) is 5.60 Å². The summed E-state index contributed by atoms with van der Waals surface area (Å²) < 4.78 is 28.5. The van der Waals surface area contributed by atoms with E-state index in [0.717, 1.165) is 58.2 Å². The molecule has 0 aromatic rings. The van der Waals surface area contributed by atoms with Gasteiger partial charge in [-0.1, -0.05) is 46.5 Å². The first-order valence-electron chi connectivity index (χ1n) is 15.6. The van der Waals surface area contributed by atoms with Crippen LogP contribution in [-0.2, 0) is 33.5 Å². The molecular formula is C32H62O8. The molecule has 0 bridgehead atoms. The maximum atomic E-state index is 8.76. The molecule has 40 heavy (non-hydrogen) atoms. The predicted octanol–water partition coefficient (Wildman–Crippen LogP) is 5.98. The molecule has 0 radical (unpaired) electrons. The highest BCUT2D eigenvalue weighted by atomic mass is 17.2. The third-order valence-electron chi connectivity index (χ3n) is 5.75. The predicted molar refractivity (Wildman–Crippen MR) is 160 cm³/mol. The molecule has 2 unspecified atom stereocenters. The fourth-order valence-electron chi connectivity index (χ4n) is 4.17. The van der Waals surface area contributed by atoms with E-state index in [1.54, 1.807) is 0 Å². The second kappa shape index (κ2) is 25.9. The molecule has 0 aromatic heterocycles. The van der Waals surface area contributed by atoms with Gasteiger partial charge in [0.1, 0.15) is 5.60 Å². The van der Waals surface area contributed by atoms with E-state index in [-0.39, 0.29) is 6.61 Å². The molecule has 0 heterocycles. The lowest BCUT2D eigenvalue weighted by molar-refractivity contribution is -0.345. The molecule has 238 valence electrons. The molecule has 8 nitrogen and oxygen atoms in total. The van der Waals surface area contributed by atoms with Gasteiger partial charge in [-0.3, -0.25) is 0 Å². The van der Waals surface area contributed by atoms with Crippen LogP contribution in [0.4, 0.5) is 0 Å². The smallest absolute Gasteiger partial charge is 0.161 e. The fraction of sp³-hybridized carbons (Fsp3) is 0.938. The Morgan fingerprint density at radius 3 is 1.50 bits per heavy atom. The highest BCUT2D eigenvalue weighted by Crippen LogP contribution is 2.25. The highest BCUT2D eigenvalue weighted by molar-refractivity contribution is 5.20. The van der Waals surface area contributed by atoms with Gasteiger partial charge in [0.05, 0.1) is 13.2 Å². The Bertz CT molecular complexity index is 568. The van der Waals surface area contributed by atoms with Gasteiger partial charge in [-0.2, -0.15) is 0 Å². The van der Waals surface area contributed by atoms with E-state index in [2.05, 4.69) is 53.4 Å². The van der Waals surface area contributed by atoms with Crippen molar-refractivity contribution in [3.05, 3.63) is 0 Å². The lowest BCUT2D eigenvalue weighted by Gasteiger charge is -2.29. The van der Waals surface area contributed by atoms with Gasteiger partial charge in [-0.05, 0) is 77.0 Å². The number of aliphatic hydroxyl groups is 1. The van der Waals surface area contributed by atoms with Crippen molar-refractivity contribution in [3.63, 3.8) is 0 Å². The average molecular weight is 575 g/mol. The van der Waals surface area contributed by atoms with Crippen LogP contribution in [0.5, 0.6) is 0 Å². The Hall–Kier alpha value is -0.760. The third kappa shape index (κ3) is 25.0. The summed E-state index contributed by atoms with van der Waals surface area (Å²) in [5.74, 6) is 7.62. The Morgan fingerprint density at radius 2 is 1.00 bits per heavy atom. The van der Waals surface area contributed by atoms with Crippen molar-refractivity contribution in [1.29, 1.82) is 0 Å². The molecule has 0 aliphatic heterocycles. The van der Waals surface area contributed by atoms with Crippen LogP contribution in [0.2, 0.25) is 0 Å². The van der Waals surface area contributed by atoms with Crippen LogP contribution in [0.1, 0.15) is 99.8 Å². The summed E-state index contributed by atoms with van der Waals surface area (Å²) in [6.45, 7) is 21.5. The van der Waals surface area contributed by atoms with Gasteiger partial charge >= 0.3 is 0 Å². The zero-order valence-electron chi connectivity index (χ0n) is 26.9. The lowest BCUT2D eigenvalue weighted by Crippen LogP contribution is -2.33. The largest absolute Gasteiger partial charge is 0.396 e. The first-order valence-corrected chi connectivity index (χ1v) is 15.6. The molecule has 0 aliphatic rings. The van der Waals surface area contributed by atoms with Gasteiger partial charge in [-0.25, -0.2) is 9.78 Å². The SMILES string of the molecule is CCCOCCCOCCCOOC(C)(C#CC(C)(CC(C)C)OCCCOCCCOCCCO)CC(C)C. The summed E-state index contributed by atoms with van der Waals surface area (Å²) in [4.78, 5) is 11.5. The average Bonchev–Trinajstić information content (AvgIpc) is 2.88. The molecule has 8 heteroatoms. The monoisotopic (exact) mass is 574 g/mol. The molecular weight excluding hydrogens is 512 g/mol. The summed E-state index contributed by atoms with van der Waals surface area (Å²) in [6, 6.07) is 0. The molecule has 0 aliphatic carbocycles. The first kappa shape index (κ1) is 39.2. The summed E-state index contributed by atoms with van der Waals surface area (Å²) >= 11 is 0. The van der Waals surface area contributed by atoms with E-state index < -0.39 is 11.2 Å². The van der Waals surface area contributed by atoms with E-state index in [0.29, 0.717) is 71.1 Å². The minimum Gasteiger partial charge on any atom is -0.396 e. The minimum atomic E-state index is -0.727. The molecule has 0 aromatic carbocycles. The van der Waals surface area contributed by atoms with Crippen molar-refractivity contribution in [3.8, 4) is 11.8 Å². The van der Waals surface area contributed by atoms with Crippen molar-refractivity contribution in [2.75, 3.05) is 72.7 Å². The molecule has 1 N–H and O–H groups in total. The first-order chi connectivity index (χ1) is 19.2. The molecule has 0 amide bonds. The Balaban J connectivity index is 4.56. The number of aliphatic hydroxyl groups excluding tert-OH is 1. The Morgan fingerprint density at radius 1 is 0.575 bits per heavy atom. The van der Waals surface area contributed by atoms with Gasteiger partial charge in [-0.15, -0.1) is 0 Å². The highest BCUT2D eigenvalue weighted by Gasteiger charge is 2.29. The number of rotatable bonds is 28. The van der Waals surface area contributed by atoms with Crippen molar-refractivity contribution < 1.29 is 38.6 Å². The van der Waals surface area contributed by atoms with Crippen LogP contribution in [0.3, 0.4) is 0 Å². The molecule has 0 fully saturated rings. The number of ether oxygens (including phenoxy) is 5. The topological polar surface area (TPSA) is 84.8 Å². The van der Waals surface area contributed by atoms with Crippen LogP contribution >= 0.6 is 0 Å². The lowest BCUT2D eigenvalue weighted by atomic mass is 9.90. The maximum absolute atomic E-state index is 8.76. The van der Waals surface area contributed by atoms with Crippen LogP contribution in [-0.4, -0.2) is 89.0 Å². The molecule has 0 rings (SSSR count).